The number of hydrogen-bond acceptors (Lipinski definition) is 3. The predicted octanol–water partition coefficient (Wildman–Crippen LogP) is 2.00. The van der Waals surface area contributed by atoms with Crippen molar-refractivity contribution in [2.75, 3.05) is 5.75 Å². The SMILES string of the molecule is CC(CC(=O)O)NC(=O)C1SCCc2ccccc21. The summed E-state index contributed by atoms with van der Waals surface area (Å²) in [5.74, 6) is -0.0713. The lowest BCUT2D eigenvalue weighted by Gasteiger charge is -2.25. The second-order valence-electron chi connectivity index (χ2n) is 4.71. The van der Waals surface area contributed by atoms with Gasteiger partial charge in [0.2, 0.25) is 5.91 Å². The van der Waals surface area contributed by atoms with E-state index < -0.39 is 5.97 Å². The van der Waals surface area contributed by atoms with Gasteiger partial charge in [0.15, 0.2) is 0 Å². The molecule has 0 radical (unpaired) electrons. The topological polar surface area (TPSA) is 66.4 Å². The van der Waals surface area contributed by atoms with Crippen LogP contribution in [0.4, 0.5) is 0 Å². The largest absolute Gasteiger partial charge is 0.481 e. The van der Waals surface area contributed by atoms with Gasteiger partial charge in [-0.15, -0.1) is 11.8 Å². The standard InChI is InChI=1S/C14H17NO3S/c1-9(8-12(16)17)15-14(18)13-11-5-3-2-4-10(11)6-7-19-13/h2-5,9,13H,6-8H2,1H3,(H,15,18)(H,16,17). The molecule has 2 rings (SSSR count). The molecular formula is C14H17NO3S. The van der Waals surface area contributed by atoms with Crippen LogP contribution in [-0.2, 0) is 16.0 Å². The number of amides is 1. The summed E-state index contributed by atoms with van der Waals surface area (Å²) in [6, 6.07) is 7.60. The Hall–Kier alpha value is -1.49. The molecular weight excluding hydrogens is 262 g/mol. The number of nitrogens with one attached hydrogen (secondary N) is 1. The molecule has 0 bridgehead atoms. The highest BCUT2D eigenvalue weighted by Crippen LogP contribution is 2.36. The van der Waals surface area contributed by atoms with E-state index >= 15 is 0 Å². The van der Waals surface area contributed by atoms with Crippen LogP contribution in [0.5, 0.6) is 0 Å². The van der Waals surface area contributed by atoms with E-state index in [1.54, 1.807) is 18.7 Å². The Morgan fingerprint density at radius 2 is 2.21 bits per heavy atom. The van der Waals surface area contributed by atoms with Crippen LogP contribution in [0.3, 0.4) is 0 Å². The molecule has 1 amide bonds. The summed E-state index contributed by atoms with van der Waals surface area (Å²) in [5.41, 5.74) is 2.27. The number of rotatable bonds is 4. The maximum Gasteiger partial charge on any atom is 0.305 e. The van der Waals surface area contributed by atoms with Crippen molar-refractivity contribution < 1.29 is 14.7 Å². The molecule has 0 aliphatic carbocycles. The fourth-order valence-electron chi connectivity index (χ4n) is 2.24. The number of aryl methyl sites for hydroxylation is 1. The lowest BCUT2D eigenvalue weighted by molar-refractivity contribution is -0.137. The first-order valence-electron chi connectivity index (χ1n) is 6.29. The van der Waals surface area contributed by atoms with Crippen molar-refractivity contribution in [1.29, 1.82) is 0 Å². The maximum atomic E-state index is 12.2. The first-order chi connectivity index (χ1) is 9.08. The molecule has 2 N–H and O–H groups in total. The summed E-state index contributed by atoms with van der Waals surface area (Å²) < 4.78 is 0. The van der Waals surface area contributed by atoms with E-state index in [9.17, 15) is 9.59 Å². The van der Waals surface area contributed by atoms with Crippen molar-refractivity contribution in [3.63, 3.8) is 0 Å². The Morgan fingerprint density at radius 1 is 1.47 bits per heavy atom. The summed E-state index contributed by atoms with van der Waals surface area (Å²) in [5, 5.41) is 11.3. The average Bonchev–Trinajstić information content (AvgIpc) is 2.36. The summed E-state index contributed by atoms with van der Waals surface area (Å²) in [6.45, 7) is 1.71. The predicted molar refractivity (Wildman–Crippen MR) is 75.2 cm³/mol. The minimum absolute atomic E-state index is 0.0508. The summed E-state index contributed by atoms with van der Waals surface area (Å²) in [6.07, 6.45) is 0.931. The van der Waals surface area contributed by atoms with E-state index in [1.165, 1.54) is 5.56 Å². The molecule has 0 saturated heterocycles. The monoisotopic (exact) mass is 279 g/mol. The molecule has 4 nitrogen and oxygen atoms in total. The number of carboxylic acids is 1. The van der Waals surface area contributed by atoms with Crippen LogP contribution in [0.1, 0.15) is 29.7 Å². The van der Waals surface area contributed by atoms with Crippen molar-refractivity contribution in [2.24, 2.45) is 0 Å². The molecule has 2 atom stereocenters. The van der Waals surface area contributed by atoms with Gasteiger partial charge in [-0.3, -0.25) is 9.59 Å². The van der Waals surface area contributed by atoms with Crippen molar-refractivity contribution >= 4 is 23.6 Å². The Balaban J connectivity index is 2.06. The van der Waals surface area contributed by atoms with Crippen LogP contribution in [0.2, 0.25) is 0 Å². The van der Waals surface area contributed by atoms with Crippen LogP contribution in [0.15, 0.2) is 24.3 Å². The normalized spacial score (nSPS) is 19.3. The van der Waals surface area contributed by atoms with Gasteiger partial charge < -0.3 is 10.4 Å². The Morgan fingerprint density at radius 3 is 2.95 bits per heavy atom. The van der Waals surface area contributed by atoms with Gasteiger partial charge >= 0.3 is 5.97 Å². The lowest BCUT2D eigenvalue weighted by atomic mass is 10.0. The minimum Gasteiger partial charge on any atom is -0.481 e. The molecule has 2 unspecified atom stereocenters. The molecule has 0 saturated carbocycles. The molecule has 1 aliphatic rings. The smallest absolute Gasteiger partial charge is 0.305 e. The number of benzene rings is 1. The third-order valence-corrected chi connectivity index (χ3v) is 4.34. The van der Waals surface area contributed by atoms with E-state index in [0.29, 0.717) is 0 Å². The van der Waals surface area contributed by atoms with Gasteiger partial charge in [0, 0.05) is 6.04 Å². The first-order valence-corrected chi connectivity index (χ1v) is 7.34. The highest BCUT2D eigenvalue weighted by Gasteiger charge is 2.27. The van der Waals surface area contributed by atoms with E-state index in [1.807, 2.05) is 18.2 Å². The summed E-state index contributed by atoms with van der Waals surface area (Å²) in [7, 11) is 0. The van der Waals surface area contributed by atoms with Gasteiger partial charge in [-0.25, -0.2) is 0 Å². The van der Waals surface area contributed by atoms with Crippen LogP contribution < -0.4 is 5.32 Å². The summed E-state index contributed by atoms with van der Waals surface area (Å²) in [4.78, 5) is 22.8. The number of aliphatic carboxylic acids is 1. The maximum absolute atomic E-state index is 12.2. The van der Waals surface area contributed by atoms with E-state index in [2.05, 4.69) is 11.4 Å². The van der Waals surface area contributed by atoms with E-state index in [-0.39, 0.29) is 23.6 Å². The quantitative estimate of drug-likeness (QED) is 0.884. The van der Waals surface area contributed by atoms with Crippen LogP contribution in [0.25, 0.3) is 0 Å². The van der Waals surface area contributed by atoms with Crippen LogP contribution in [0, 0.1) is 0 Å². The van der Waals surface area contributed by atoms with Gasteiger partial charge in [-0.05, 0) is 30.2 Å². The Bertz CT molecular complexity index is 489. The van der Waals surface area contributed by atoms with Crippen LogP contribution in [-0.4, -0.2) is 28.8 Å². The van der Waals surface area contributed by atoms with Crippen molar-refractivity contribution in [1.82, 2.24) is 5.32 Å². The van der Waals surface area contributed by atoms with Crippen molar-refractivity contribution in [2.45, 2.75) is 31.1 Å². The summed E-state index contributed by atoms with van der Waals surface area (Å²) >= 11 is 1.62. The zero-order chi connectivity index (χ0) is 13.8. The van der Waals surface area contributed by atoms with Crippen molar-refractivity contribution in [3.05, 3.63) is 35.4 Å². The highest BCUT2D eigenvalue weighted by atomic mass is 32.2. The zero-order valence-electron chi connectivity index (χ0n) is 10.8. The van der Waals surface area contributed by atoms with Crippen LogP contribution >= 0.6 is 11.8 Å². The lowest BCUT2D eigenvalue weighted by Crippen LogP contribution is -2.37. The fraction of sp³-hybridized carbons (Fsp3) is 0.429. The number of thioether (sulfide) groups is 1. The molecule has 1 heterocycles. The molecule has 5 heteroatoms. The van der Waals surface area contributed by atoms with Gasteiger partial charge in [-0.1, -0.05) is 24.3 Å². The van der Waals surface area contributed by atoms with Gasteiger partial charge in [0.25, 0.3) is 0 Å². The third kappa shape index (κ3) is 3.50. The first kappa shape index (κ1) is 13.9. The van der Waals surface area contributed by atoms with Gasteiger partial charge in [0.1, 0.15) is 5.25 Å². The Labute approximate surface area is 116 Å². The molecule has 0 aromatic heterocycles. The number of carboxylic acid groups (broad SMARTS) is 1. The molecule has 1 aromatic carbocycles. The number of fused-ring (bicyclic) bond motifs is 1. The third-order valence-electron chi connectivity index (χ3n) is 3.10. The number of carbonyl (C=O) groups is 2. The van der Waals surface area contributed by atoms with Gasteiger partial charge in [-0.2, -0.15) is 0 Å². The molecule has 102 valence electrons. The molecule has 1 aliphatic heterocycles. The molecule has 0 fully saturated rings. The number of carbonyl (C=O) groups excluding carboxylic acids is 1. The molecule has 19 heavy (non-hydrogen) atoms. The van der Waals surface area contributed by atoms with Crippen molar-refractivity contribution in [3.8, 4) is 0 Å². The van der Waals surface area contributed by atoms with Gasteiger partial charge in [0.05, 0.1) is 6.42 Å². The molecule has 0 spiro atoms. The average molecular weight is 279 g/mol. The zero-order valence-corrected chi connectivity index (χ0v) is 11.6. The van der Waals surface area contributed by atoms with E-state index in [4.69, 9.17) is 5.11 Å². The minimum atomic E-state index is -0.899. The second kappa shape index (κ2) is 6.10. The highest BCUT2D eigenvalue weighted by molar-refractivity contribution is 8.00. The van der Waals surface area contributed by atoms with E-state index in [0.717, 1.165) is 17.7 Å². The number of hydrogen-bond donors (Lipinski definition) is 2. The second-order valence-corrected chi connectivity index (χ2v) is 5.92. The Kier molecular flexibility index (Phi) is 4.47. The fourth-order valence-corrected chi connectivity index (χ4v) is 3.44. The molecule has 1 aromatic rings.